The fourth-order valence-corrected chi connectivity index (χ4v) is 2.87. The summed E-state index contributed by atoms with van der Waals surface area (Å²) in [4.78, 5) is 27.7. The highest BCUT2D eigenvalue weighted by Gasteiger charge is 2.15. The number of anilines is 1. The number of benzene rings is 1. The first-order valence-electron chi connectivity index (χ1n) is 6.75. The molecule has 6 nitrogen and oxygen atoms in total. The Morgan fingerprint density at radius 2 is 1.96 bits per heavy atom. The van der Waals surface area contributed by atoms with E-state index < -0.39 is 11.9 Å². The van der Waals surface area contributed by atoms with Gasteiger partial charge in [-0.3, -0.25) is 0 Å². The Hall–Kier alpha value is -2.67. The number of allylic oxidation sites excluding steroid dienone is 1. The molecule has 1 aromatic heterocycles. The van der Waals surface area contributed by atoms with Gasteiger partial charge >= 0.3 is 11.9 Å². The molecule has 1 aromatic carbocycles. The summed E-state index contributed by atoms with van der Waals surface area (Å²) in [5.41, 5.74) is 2.41. The van der Waals surface area contributed by atoms with Crippen molar-refractivity contribution in [3.8, 4) is 11.3 Å². The third kappa shape index (κ3) is 3.75. The van der Waals surface area contributed by atoms with Gasteiger partial charge in [-0.15, -0.1) is 0 Å². The molecular weight excluding hydrogens is 316 g/mol. The largest absolute Gasteiger partial charge is 0.478 e. The number of aromatic carboxylic acids is 1. The molecular formula is C16H16N2O4S. The minimum absolute atomic E-state index is 0.209. The maximum atomic E-state index is 11.4. The van der Waals surface area contributed by atoms with E-state index in [9.17, 15) is 9.59 Å². The lowest BCUT2D eigenvalue weighted by Crippen LogP contribution is -1.96. The van der Waals surface area contributed by atoms with Gasteiger partial charge in [0.05, 0.1) is 23.2 Å². The molecule has 23 heavy (non-hydrogen) atoms. The number of nitrogens with one attached hydrogen (secondary N) is 1. The molecule has 0 radical (unpaired) electrons. The van der Waals surface area contributed by atoms with E-state index in [0.29, 0.717) is 10.8 Å². The molecule has 0 saturated heterocycles. The van der Waals surface area contributed by atoms with Crippen molar-refractivity contribution in [3.63, 3.8) is 0 Å². The number of rotatable bonds is 5. The number of carbonyl (C=O) groups excluding carboxylic acids is 1. The van der Waals surface area contributed by atoms with Gasteiger partial charge in [0.25, 0.3) is 0 Å². The summed E-state index contributed by atoms with van der Waals surface area (Å²) in [5, 5.41) is 12.7. The Balaban J connectivity index is 2.49. The summed E-state index contributed by atoms with van der Waals surface area (Å²) in [7, 11) is 3.09. The number of carboxylic acids is 1. The number of carbonyl (C=O) groups is 2. The maximum Gasteiger partial charge on any atom is 0.335 e. The molecule has 0 atom stereocenters. The number of thiazole rings is 1. The summed E-state index contributed by atoms with van der Waals surface area (Å²) in [6.07, 6.45) is 1.40. The van der Waals surface area contributed by atoms with Gasteiger partial charge in [-0.1, -0.05) is 23.5 Å². The van der Waals surface area contributed by atoms with E-state index in [-0.39, 0.29) is 5.56 Å². The molecule has 0 amide bonds. The summed E-state index contributed by atoms with van der Waals surface area (Å²) in [6, 6.07) is 6.46. The molecule has 0 aliphatic heterocycles. The number of ether oxygens (including phenoxy) is 1. The highest BCUT2D eigenvalue weighted by atomic mass is 32.1. The number of hydrogen-bond acceptors (Lipinski definition) is 6. The highest BCUT2D eigenvalue weighted by Crippen LogP contribution is 2.35. The fraction of sp³-hybridized carbons (Fsp3) is 0.188. The first-order valence-corrected chi connectivity index (χ1v) is 7.56. The molecule has 0 unspecified atom stereocenters. The van der Waals surface area contributed by atoms with Crippen LogP contribution in [0.1, 0.15) is 22.2 Å². The third-order valence-corrected chi connectivity index (χ3v) is 4.35. The van der Waals surface area contributed by atoms with Gasteiger partial charge in [-0.2, -0.15) is 0 Å². The van der Waals surface area contributed by atoms with Crippen molar-refractivity contribution < 1.29 is 19.4 Å². The Labute approximate surface area is 137 Å². The van der Waals surface area contributed by atoms with Crippen molar-refractivity contribution >= 4 is 34.0 Å². The number of methoxy groups -OCH3 is 1. The Morgan fingerprint density at radius 1 is 1.30 bits per heavy atom. The lowest BCUT2D eigenvalue weighted by molar-refractivity contribution is -0.134. The monoisotopic (exact) mass is 332 g/mol. The topological polar surface area (TPSA) is 88.5 Å². The molecule has 0 bridgehead atoms. The zero-order valence-corrected chi connectivity index (χ0v) is 13.7. The molecule has 0 spiro atoms. The van der Waals surface area contributed by atoms with Crippen LogP contribution >= 0.6 is 11.3 Å². The van der Waals surface area contributed by atoms with Crippen molar-refractivity contribution in [2.24, 2.45) is 0 Å². The van der Waals surface area contributed by atoms with Crippen LogP contribution in [0.3, 0.4) is 0 Å². The van der Waals surface area contributed by atoms with E-state index in [1.165, 1.54) is 36.7 Å². The van der Waals surface area contributed by atoms with Gasteiger partial charge < -0.3 is 15.2 Å². The second kappa shape index (κ2) is 7.06. The SMILES string of the molecule is CNc1nc(-c2ccc(C(=O)O)cc2)c(/C(C)=C/C(=O)OC)s1. The average molecular weight is 332 g/mol. The average Bonchev–Trinajstić information content (AvgIpc) is 2.99. The number of nitrogens with zero attached hydrogens (tertiary/aromatic N) is 1. The van der Waals surface area contributed by atoms with E-state index in [1.807, 2.05) is 0 Å². The van der Waals surface area contributed by atoms with Gasteiger partial charge in [0.1, 0.15) is 0 Å². The summed E-state index contributed by atoms with van der Waals surface area (Å²) >= 11 is 1.41. The standard InChI is InChI=1S/C16H16N2O4S/c1-9(8-12(19)22-3)14-13(18-16(17-2)23-14)10-4-6-11(7-5-10)15(20)21/h4-8H,1-3H3,(H,17,18)(H,20,21)/b9-8+. The van der Waals surface area contributed by atoms with Crippen LogP contribution in [0.25, 0.3) is 16.8 Å². The third-order valence-electron chi connectivity index (χ3n) is 3.14. The van der Waals surface area contributed by atoms with Crippen LogP contribution in [-0.2, 0) is 9.53 Å². The fourth-order valence-electron chi connectivity index (χ4n) is 1.96. The maximum absolute atomic E-state index is 11.4. The van der Waals surface area contributed by atoms with Crippen LogP contribution in [0.5, 0.6) is 0 Å². The summed E-state index contributed by atoms with van der Waals surface area (Å²) in [6.45, 7) is 1.80. The molecule has 0 aliphatic rings. The van der Waals surface area contributed by atoms with E-state index in [2.05, 4.69) is 15.0 Å². The van der Waals surface area contributed by atoms with Crippen LogP contribution < -0.4 is 5.32 Å². The smallest absolute Gasteiger partial charge is 0.335 e. The predicted octanol–water partition coefficient (Wildman–Crippen LogP) is 3.13. The molecule has 0 aliphatic carbocycles. The van der Waals surface area contributed by atoms with Crippen LogP contribution in [-0.4, -0.2) is 36.2 Å². The predicted molar refractivity (Wildman–Crippen MR) is 89.7 cm³/mol. The van der Waals surface area contributed by atoms with Gasteiger partial charge in [0, 0.05) is 18.7 Å². The second-order valence-electron chi connectivity index (χ2n) is 4.68. The van der Waals surface area contributed by atoms with Gasteiger partial charge in [-0.05, 0) is 24.6 Å². The van der Waals surface area contributed by atoms with Gasteiger partial charge in [0.15, 0.2) is 5.13 Å². The molecule has 2 rings (SSSR count). The molecule has 7 heteroatoms. The minimum atomic E-state index is -0.979. The normalized spacial score (nSPS) is 11.2. The lowest BCUT2D eigenvalue weighted by Gasteiger charge is -2.03. The zero-order valence-electron chi connectivity index (χ0n) is 12.9. The summed E-state index contributed by atoms with van der Waals surface area (Å²) < 4.78 is 4.65. The first-order chi connectivity index (χ1) is 11.0. The Kier molecular flexibility index (Phi) is 5.13. The van der Waals surface area contributed by atoms with Crippen molar-refractivity contribution in [3.05, 3.63) is 40.8 Å². The minimum Gasteiger partial charge on any atom is -0.478 e. The molecule has 120 valence electrons. The van der Waals surface area contributed by atoms with Crippen LogP contribution in [0.15, 0.2) is 30.3 Å². The van der Waals surface area contributed by atoms with Crippen LogP contribution in [0.4, 0.5) is 5.13 Å². The quantitative estimate of drug-likeness (QED) is 0.646. The molecule has 2 aromatic rings. The second-order valence-corrected chi connectivity index (χ2v) is 5.68. The Morgan fingerprint density at radius 3 is 2.48 bits per heavy atom. The molecule has 0 saturated carbocycles. The molecule has 1 heterocycles. The van der Waals surface area contributed by atoms with Crippen molar-refractivity contribution in [2.75, 3.05) is 19.5 Å². The van der Waals surface area contributed by atoms with Crippen LogP contribution in [0, 0.1) is 0 Å². The molecule has 2 N–H and O–H groups in total. The highest BCUT2D eigenvalue weighted by molar-refractivity contribution is 7.17. The number of esters is 1. The van der Waals surface area contributed by atoms with E-state index in [4.69, 9.17) is 5.11 Å². The van der Waals surface area contributed by atoms with Crippen molar-refractivity contribution in [2.45, 2.75) is 6.92 Å². The molecule has 0 fully saturated rings. The lowest BCUT2D eigenvalue weighted by atomic mass is 10.1. The number of carboxylic acid groups (broad SMARTS) is 1. The van der Waals surface area contributed by atoms with Crippen LogP contribution in [0.2, 0.25) is 0 Å². The first kappa shape index (κ1) is 16.7. The van der Waals surface area contributed by atoms with E-state index in [1.54, 1.807) is 26.1 Å². The van der Waals surface area contributed by atoms with Gasteiger partial charge in [-0.25, -0.2) is 14.6 Å². The van der Waals surface area contributed by atoms with Gasteiger partial charge in [0.2, 0.25) is 0 Å². The van der Waals surface area contributed by atoms with Crippen molar-refractivity contribution in [1.82, 2.24) is 4.98 Å². The Bertz CT molecular complexity index is 763. The summed E-state index contributed by atoms with van der Waals surface area (Å²) in [5.74, 6) is -1.41. The zero-order chi connectivity index (χ0) is 17.0. The van der Waals surface area contributed by atoms with Crippen molar-refractivity contribution in [1.29, 1.82) is 0 Å². The number of aromatic nitrogens is 1. The van der Waals surface area contributed by atoms with E-state index >= 15 is 0 Å². The number of hydrogen-bond donors (Lipinski definition) is 2. The van der Waals surface area contributed by atoms with E-state index in [0.717, 1.165) is 16.0 Å².